The van der Waals surface area contributed by atoms with Crippen molar-refractivity contribution in [2.24, 2.45) is 0 Å². The molecular weight excluding hydrogens is 210 g/mol. The van der Waals surface area contributed by atoms with Gasteiger partial charge in [-0.1, -0.05) is 18.2 Å². The topological polar surface area (TPSA) is 42.8 Å². The van der Waals surface area contributed by atoms with Gasteiger partial charge >= 0.3 is 0 Å². The number of H-pyrrole nitrogens is 1. The van der Waals surface area contributed by atoms with Gasteiger partial charge in [0, 0.05) is 24.0 Å². The molecule has 1 aromatic heterocycles. The van der Waals surface area contributed by atoms with Crippen LogP contribution in [-0.2, 0) is 0 Å². The molecule has 17 heavy (non-hydrogen) atoms. The van der Waals surface area contributed by atoms with Crippen molar-refractivity contribution in [2.45, 2.75) is 25.3 Å². The van der Waals surface area contributed by atoms with Crippen molar-refractivity contribution in [2.75, 3.05) is 11.9 Å². The standard InChI is InChI=1S/C14H15N3/c1-17(10-5-4-6-10)14-12(9-15)11-7-2-3-8-13(11)16-14/h2-3,7-8,10,16H,4-6H2,1H3. The zero-order valence-electron chi connectivity index (χ0n) is 9.90. The summed E-state index contributed by atoms with van der Waals surface area (Å²) in [6, 6.07) is 10.9. The van der Waals surface area contributed by atoms with Gasteiger partial charge < -0.3 is 9.88 Å². The van der Waals surface area contributed by atoms with Crippen LogP contribution in [0, 0.1) is 11.3 Å². The normalized spacial score (nSPS) is 15.5. The number of hydrogen-bond acceptors (Lipinski definition) is 2. The van der Waals surface area contributed by atoms with Gasteiger partial charge in [0.1, 0.15) is 17.5 Å². The number of fused-ring (bicyclic) bond motifs is 1. The number of nitriles is 1. The van der Waals surface area contributed by atoms with Crippen molar-refractivity contribution >= 4 is 16.7 Å². The molecule has 3 nitrogen and oxygen atoms in total. The molecule has 1 fully saturated rings. The molecule has 0 amide bonds. The molecule has 0 bridgehead atoms. The summed E-state index contributed by atoms with van der Waals surface area (Å²) >= 11 is 0. The Hall–Kier alpha value is -1.95. The zero-order valence-corrected chi connectivity index (χ0v) is 9.90. The van der Waals surface area contributed by atoms with Gasteiger partial charge in [-0.05, 0) is 25.3 Å². The predicted octanol–water partition coefficient (Wildman–Crippen LogP) is 3.03. The molecule has 0 spiro atoms. The van der Waals surface area contributed by atoms with Gasteiger partial charge in [-0.15, -0.1) is 0 Å². The minimum Gasteiger partial charge on any atom is -0.357 e. The molecule has 0 unspecified atom stereocenters. The van der Waals surface area contributed by atoms with Crippen LogP contribution < -0.4 is 4.90 Å². The van der Waals surface area contributed by atoms with E-state index in [2.05, 4.69) is 23.0 Å². The maximum atomic E-state index is 9.33. The molecule has 1 aromatic carbocycles. The Morgan fingerprint density at radius 2 is 2.12 bits per heavy atom. The van der Waals surface area contributed by atoms with Gasteiger partial charge in [-0.25, -0.2) is 0 Å². The highest BCUT2D eigenvalue weighted by atomic mass is 15.2. The Morgan fingerprint density at radius 3 is 2.76 bits per heavy atom. The minimum atomic E-state index is 0.593. The highest BCUT2D eigenvalue weighted by Crippen LogP contribution is 2.33. The number of aromatic amines is 1. The molecule has 1 heterocycles. The number of nitrogens with zero attached hydrogens (tertiary/aromatic N) is 2. The fourth-order valence-corrected chi connectivity index (χ4v) is 2.46. The molecule has 3 heteroatoms. The maximum absolute atomic E-state index is 9.33. The van der Waals surface area contributed by atoms with Crippen LogP contribution in [0.25, 0.3) is 10.9 Å². The van der Waals surface area contributed by atoms with Gasteiger partial charge in [0.25, 0.3) is 0 Å². The van der Waals surface area contributed by atoms with Crippen LogP contribution in [0.2, 0.25) is 0 Å². The fourth-order valence-electron chi connectivity index (χ4n) is 2.46. The summed E-state index contributed by atoms with van der Waals surface area (Å²) in [5.41, 5.74) is 1.82. The predicted molar refractivity (Wildman–Crippen MR) is 69.1 cm³/mol. The van der Waals surface area contributed by atoms with Crippen molar-refractivity contribution in [1.29, 1.82) is 5.26 Å². The lowest BCUT2D eigenvalue weighted by atomic mass is 9.92. The number of para-hydroxylation sites is 1. The lowest BCUT2D eigenvalue weighted by molar-refractivity contribution is 0.399. The Bertz CT molecular complexity index is 587. The molecule has 0 atom stereocenters. The van der Waals surface area contributed by atoms with E-state index < -0.39 is 0 Å². The summed E-state index contributed by atoms with van der Waals surface area (Å²) in [6.45, 7) is 0. The first-order valence-corrected chi connectivity index (χ1v) is 6.05. The van der Waals surface area contributed by atoms with Crippen molar-refractivity contribution < 1.29 is 0 Å². The van der Waals surface area contributed by atoms with E-state index in [0.29, 0.717) is 6.04 Å². The second kappa shape index (κ2) is 3.81. The smallest absolute Gasteiger partial charge is 0.125 e. The van der Waals surface area contributed by atoms with E-state index in [1.807, 2.05) is 24.3 Å². The van der Waals surface area contributed by atoms with Gasteiger partial charge in [0.05, 0.1) is 0 Å². The van der Waals surface area contributed by atoms with Crippen LogP contribution in [0.5, 0.6) is 0 Å². The number of nitrogens with one attached hydrogen (secondary N) is 1. The molecule has 1 aliphatic carbocycles. The van der Waals surface area contributed by atoms with Crippen molar-refractivity contribution in [3.63, 3.8) is 0 Å². The monoisotopic (exact) mass is 225 g/mol. The van der Waals surface area contributed by atoms with E-state index in [1.54, 1.807) is 0 Å². The summed E-state index contributed by atoms with van der Waals surface area (Å²) in [7, 11) is 2.08. The second-order valence-corrected chi connectivity index (χ2v) is 4.70. The van der Waals surface area contributed by atoms with Gasteiger partial charge in [0.15, 0.2) is 0 Å². The minimum absolute atomic E-state index is 0.593. The summed E-state index contributed by atoms with van der Waals surface area (Å²) in [4.78, 5) is 5.59. The van der Waals surface area contributed by atoms with E-state index in [0.717, 1.165) is 22.3 Å². The molecule has 0 radical (unpaired) electrons. The Kier molecular flexibility index (Phi) is 2.29. The molecular formula is C14H15N3. The van der Waals surface area contributed by atoms with E-state index in [9.17, 15) is 5.26 Å². The van der Waals surface area contributed by atoms with Crippen LogP contribution in [0.1, 0.15) is 24.8 Å². The zero-order chi connectivity index (χ0) is 11.8. The summed E-state index contributed by atoms with van der Waals surface area (Å²) in [6.07, 6.45) is 3.77. The van der Waals surface area contributed by atoms with E-state index in [4.69, 9.17) is 0 Å². The van der Waals surface area contributed by atoms with Crippen LogP contribution in [0.3, 0.4) is 0 Å². The first-order chi connectivity index (χ1) is 8.31. The maximum Gasteiger partial charge on any atom is 0.125 e. The summed E-state index contributed by atoms with van der Waals surface area (Å²) in [5.74, 6) is 0.971. The number of aromatic nitrogens is 1. The lowest BCUT2D eigenvalue weighted by Crippen LogP contribution is -2.37. The molecule has 1 N–H and O–H groups in total. The van der Waals surface area contributed by atoms with Crippen molar-refractivity contribution in [3.8, 4) is 6.07 Å². The van der Waals surface area contributed by atoms with Crippen LogP contribution in [0.15, 0.2) is 24.3 Å². The van der Waals surface area contributed by atoms with E-state index in [-0.39, 0.29) is 0 Å². The third kappa shape index (κ3) is 1.49. The SMILES string of the molecule is CN(c1[nH]c2ccccc2c1C#N)C1CCC1. The van der Waals surface area contributed by atoms with Crippen LogP contribution in [-0.4, -0.2) is 18.1 Å². The van der Waals surface area contributed by atoms with Crippen LogP contribution >= 0.6 is 0 Å². The molecule has 1 saturated carbocycles. The Labute approximate surface area is 101 Å². The number of anilines is 1. The fraction of sp³-hybridized carbons (Fsp3) is 0.357. The summed E-state index contributed by atoms with van der Waals surface area (Å²) < 4.78 is 0. The Balaban J connectivity index is 2.12. The van der Waals surface area contributed by atoms with Gasteiger partial charge in [-0.2, -0.15) is 5.26 Å². The average molecular weight is 225 g/mol. The molecule has 1 aliphatic rings. The lowest BCUT2D eigenvalue weighted by Gasteiger charge is -2.35. The van der Waals surface area contributed by atoms with Gasteiger partial charge in [0.2, 0.25) is 0 Å². The van der Waals surface area contributed by atoms with Crippen molar-refractivity contribution in [1.82, 2.24) is 4.98 Å². The number of benzene rings is 1. The highest BCUT2D eigenvalue weighted by molar-refractivity contribution is 5.91. The summed E-state index contributed by atoms with van der Waals surface area (Å²) in [5, 5.41) is 10.4. The molecule has 2 aromatic rings. The third-order valence-electron chi connectivity index (χ3n) is 3.77. The second-order valence-electron chi connectivity index (χ2n) is 4.70. The van der Waals surface area contributed by atoms with Crippen LogP contribution in [0.4, 0.5) is 5.82 Å². The van der Waals surface area contributed by atoms with E-state index >= 15 is 0 Å². The average Bonchev–Trinajstić information content (AvgIpc) is 2.64. The third-order valence-corrected chi connectivity index (χ3v) is 3.77. The highest BCUT2D eigenvalue weighted by Gasteiger charge is 2.25. The number of rotatable bonds is 2. The number of hydrogen-bond donors (Lipinski definition) is 1. The molecule has 0 aliphatic heterocycles. The van der Waals surface area contributed by atoms with Crippen molar-refractivity contribution in [3.05, 3.63) is 29.8 Å². The first kappa shape index (κ1) is 10.2. The quantitative estimate of drug-likeness (QED) is 0.853. The molecule has 3 rings (SSSR count). The molecule has 86 valence electrons. The Morgan fingerprint density at radius 1 is 1.35 bits per heavy atom. The van der Waals surface area contributed by atoms with Gasteiger partial charge in [-0.3, -0.25) is 0 Å². The first-order valence-electron chi connectivity index (χ1n) is 6.05. The largest absolute Gasteiger partial charge is 0.357 e. The molecule has 0 saturated heterocycles. The van der Waals surface area contributed by atoms with E-state index in [1.165, 1.54) is 19.3 Å².